The van der Waals surface area contributed by atoms with E-state index in [1.54, 1.807) is 18.3 Å². The maximum absolute atomic E-state index is 12.5. The number of nitrogens with zero attached hydrogens (tertiary/aromatic N) is 2. The summed E-state index contributed by atoms with van der Waals surface area (Å²) in [5, 5.41) is 3.03. The summed E-state index contributed by atoms with van der Waals surface area (Å²) < 4.78 is 10.7. The molecule has 2 aromatic carbocycles. The van der Waals surface area contributed by atoms with Crippen molar-refractivity contribution in [2.24, 2.45) is 0 Å². The Bertz CT molecular complexity index is 901. The fraction of sp³-hybridized carbons (Fsp3) is 0.273. The van der Waals surface area contributed by atoms with E-state index in [4.69, 9.17) is 9.15 Å². The molecule has 0 atom stereocenters. The Balaban J connectivity index is 1.38. The highest BCUT2D eigenvalue weighted by molar-refractivity contribution is 5.94. The second kappa shape index (κ2) is 8.82. The number of aromatic nitrogens is 1. The molecular weight excluding hydrogens is 354 g/mol. The van der Waals surface area contributed by atoms with Gasteiger partial charge in [0.1, 0.15) is 0 Å². The Labute approximate surface area is 164 Å². The first-order valence-electron chi connectivity index (χ1n) is 9.43. The highest BCUT2D eigenvalue weighted by Gasteiger charge is 2.13. The molecule has 1 saturated heterocycles. The van der Waals surface area contributed by atoms with Crippen molar-refractivity contribution >= 4 is 5.91 Å². The maximum atomic E-state index is 12.5. The minimum absolute atomic E-state index is 0.0923. The number of benzene rings is 2. The van der Waals surface area contributed by atoms with E-state index in [9.17, 15) is 4.79 Å². The van der Waals surface area contributed by atoms with E-state index in [-0.39, 0.29) is 5.91 Å². The Morgan fingerprint density at radius 1 is 1.04 bits per heavy atom. The fourth-order valence-corrected chi connectivity index (χ4v) is 3.31. The molecule has 1 aromatic heterocycles. The molecule has 1 aliphatic heterocycles. The molecule has 3 aromatic rings. The summed E-state index contributed by atoms with van der Waals surface area (Å²) in [5.41, 5.74) is 3.89. The van der Waals surface area contributed by atoms with Crippen LogP contribution in [0.25, 0.3) is 11.3 Å². The van der Waals surface area contributed by atoms with Crippen LogP contribution in [-0.4, -0.2) is 42.1 Å². The van der Waals surface area contributed by atoms with Gasteiger partial charge in [-0.25, -0.2) is 4.98 Å². The molecule has 0 spiro atoms. The molecule has 6 nitrogen and oxygen atoms in total. The average molecular weight is 377 g/mol. The Morgan fingerprint density at radius 2 is 1.79 bits per heavy atom. The van der Waals surface area contributed by atoms with E-state index in [1.807, 2.05) is 24.3 Å². The molecule has 0 unspecified atom stereocenters. The first-order chi connectivity index (χ1) is 13.8. The highest BCUT2D eigenvalue weighted by Crippen LogP contribution is 2.19. The number of oxazole rings is 1. The predicted molar refractivity (Wildman–Crippen MR) is 106 cm³/mol. The minimum atomic E-state index is -0.0923. The molecular formula is C22H23N3O3. The van der Waals surface area contributed by atoms with Gasteiger partial charge in [0.25, 0.3) is 5.91 Å². The van der Waals surface area contributed by atoms with Gasteiger partial charge in [0.2, 0.25) is 0 Å². The maximum Gasteiger partial charge on any atom is 0.251 e. The van der Waals surface area contributed by atoms with Crippen molar-refractivity contribution in [1.82, 2.24) is 15.2 Å². The normalized spacial score (nSPS) is 14.7. The van der Waals surface area contributed by atoms with Crippen LogP contribution in [0.15, 0.2) is 65.5 Å². The van der Waals surface area contributed by atoms with E-state index < -0.39 is 0 Å². The van der Waals surface area contributed by atoms with E-state index in [1.165, 1.54) is 12.0 Å². The number of carbonyl (C=O) groups is 1. The van der Waals surface area contributed by atoms with Crippen molar-refractivity contribution in [2.75, 3.05) is 26.3 Å². The van der Waals surface area contributed by atoms with Gasteiger partial charge in [-0.2, -0.15) is 0 Å². The average Bonchev–Trinajstić information content (AvgIpc) is 3.29. The number of nitrogens with one attached hydrogen (secondary N) is 1. The van der Waals surface area contributed by atoms with Gasteiger partial charge in [0.15, 0.2) is 12.2 Å². The zero-order valence-electron chi connectivity index (χ0n) is 15.6. The number of amides is 1. The molecule has 1 aliphatic rings. The highest BCUT2D eigenvalue weighted by atomic mass is 16.5. The van der Waals surface area contributed by atoms with Gasteiger partial charge < -0.3 is 14.5 Å². The van der Waals surface area contributed by atoms with Crippen molar-refractivity contribution in [2.45, 2.75) is 13.1 Å². The largest absolute Gasteiger partial charge is 0.444 e. The molecule has 28 heavy (non-hydrogen) atoms. The molecule has 1 amide bonds. The van der Waals surface area contributed by atoms with Crippen LogP contribution in [0, 0.1) is 0 Å². The number of hydrogen-bond acceptors (Lipinski definition) is 5. The lowest BCUT2D eigenvalue weighted by molar-refractivity contribution is 0.0340. The Morgan fingerprint density at radius 3 is 2.50 bits per heavy atom. The van der Waals surface area contributed by atoms with Crippen molar-refractivity contribution in [3.63, 3.8) is 0 Å². The molecule has 1 fully saturated rings. The summed E-state index contributed by atoms with van der Waals surface area (Å²) in [4.78, 5) is 18.8. The van der Waals surface area contributed by atoms with E-state index >= 15 is 0 Å². The van der Waals surface area contributed by atoms with Crippen LogP contribution < -0.4 is 5.32 Å². The first-order valence-corrected chi connectivity index (χ1v) is 9.43. The molecule has 0 aliphatic carbocycles. The van der Waals surface area contributed by atoms with Crippen LogP contribution in [-0.2, 0) is 17.8 Å². The van der Waals surface area contributed by atoms with E-state index in [0.29, 0.717) is 17.9 Å². The quantitative estimate of drug-likeness (QED) is 0.715. The van der Waals surface area contributed by atoms with Gasteiger partial charge in [0, 0.05) is 37.3 Å². The number of ether oxygens (including phenoxy) is 1. The lowest BCUT2D eigenvalue weighted by Gasteiger charge is -2.27. The van der Waals surface area contributed by atoms with Crippen LogP contribution in [0.1, 0.15) is 21.5 Å². The summed E-state index contributed by atoms with van der Waals surface area (Å²) in [7, 11) is 0. The fourth-order valence-electron chi connectivity index (χ4n) is 3.31. The second-order valence-corrected chi connectivity index (χ2v) is 6.78. The van der Waals surface area contributed by atoms with Gasteiger partial charge in [-0.1, -0.05) is 36.4 Å². The van der Waals surface area contributed by atoms with Gasteiger partial charge in [0.05, 0.1) is 19.4 Å². The van der Waals surface area contributed by atoms with Gasteiger partial charge >= 0.3 is 0 Å². The van der Waals surface area contributed by atoms with Crippen molar-refractivity contribution in [3.05, 3.63) is 77.8 Å². The third-order valence-corrected chi connectivity index (χ3v) is 4.92. The summed E-state index contributed by atoms with van der Waals surface area (Å²) >= 11 is 0. The van der Waals surface area contributed by atoms with Crippen molar-refractivity contribution in [3.8, 4) is 11.3 Å². The number of hydrogen-bond donors (Lipinski definition) is 1. The van der Waals surface area contributed by atoms with E-state index in [2.05, 4.69) is 27.3 Å². The standard InChI is InChI=1S/C22H23N3O3/c26-22(18-7-5-17(6-8-18)21-14-23-16-28-21)24-13-19-3-1-2-4-20(19)15-25-9-11-27-12-10-25/h1-8,14,16H,9-13,15H2,(H,24,26). The molecule has 2 heterocycles. The number of carbonyl (C=O) groups excluding carboxylic acids is 1. The van der Waals surface area contributed by atoms with Crippen LogP contribution in [0.4, 0.5) is 0 Å². The van der Waals surface area contributed by atoms with Crippen LogP contribution in [0.2, 0.25) is 0 Å². The number of rotatable bonds is 6. The SMILES string of the molecule is O=C(NCc1ccccc1CN1CCOCC1)c1ccc(-c2cnco2)cc1. The number of morpholine rings is 1. The topological polar surface area (TPSA) is 67.6 Å². The van der Waals surface area contributed by atoms with Crippen LogP contribution in [0.3, 0.4) is 0 Å². The van der Waals surface area contributed by atoms with Gasteiger partial charge in [-0.15, -0.1) is 0 Å². The summed E-state index contributed by atoms with van der Waals surface area (Å²) in [6.07, 6.45) is 3.05. The van der Waals surface area contributed by atoms with Gasteiger partial charge in [-0.05, 0) is 23.3 Å². The van der Waals surface area contributed by atoms with Crippen LogP contribution >= 0.6 is 0 Å². The summed E-state index contributed by atoms with van der Waals surface area (Å²) in [6, 6.07) is 15.6. The van der Waals surface area contributed by atoms with Crippen molar-refractivity contribution < 1.29 is 13.9 Å². The Hall–Kier alpha value is -2.96. The molecule has 0 bridgehead atoms. The third kappa shape index (κ3) is 4.47. The molecule has 1 N–H and O–H groups in total. The summed E-state index contributed by atoms with van der Waals surface area (Å²) in [5.74, 6) is 0.592. The zero-order chi connectivity index (χ0) is 19.2. The molecule has 0 saturated carbocycles. The Kier molecular flexibility index (Phi) is 5.80. The molecule has 0 radical (unpaired) electrons. The molecule has 6 heteroatoms. The van der Waals surface area contributed by atoms with Gasteiger partial charge in [-0.3, -0.25) is 9.69 Å². The monoisotopic (exact) mass is 377 g/mol. The zero-order valence-corrected chi connectivity index (χ0v) is 15.6. The minimum Gasteiger partial charge on any atom is -0.444 e. The third-order valence-electron chi connectivity index (χ3n) is 4.92. The van der Waals surface area contributed by atoms with Crippen LogP contribution in [0.5, 0.6) is 0 Å². The smallest absolute Gasteiger partial charge is 0.251 e. The van der Waals surface area contributed by atoms with E-state index in [0.717, 1.165) is 44.0 Å². The summed E-state index contributed by atoms with van der Waals surface area (Å²) in [6.45, 7) is 4.83. The molecule has 144 valence electrons. The first kappa shape index (κ1) is 18.4. The lowest BCUT2D eigenvalue weighted by Crippen LogP contribution is -2.36. The predicted octanol–water partition coefficient (Wildman–Crippen LogP) is 3.10. The van der Waals surface area contributed by atoms with Crippen molar-refractivity contribution in [1.29, 1.82) is 0 Å². The second-order valence-electron chi connectivity index (χ2n) is 6.78. The molecule has 4 rings (SSSR count). The lowest BCUT2D eigenvalue weighted by atomic mass is 10.1.